The SMILES string of the molecule is O=C1C(Nc2cccc3ccccc23)=C(c2ccc(F)cc2)C(=O)N1Cc1ccccc1F. The number of halogens is 2. The van der Waals surface area contributed by atoms with Crippen molar-refractivity contribution >= 4 is 33.8 Å². The summed E-state index contributed by atoms with van der Waals surface area (Å²) in [5, 5.41) is 4.98. The summed E-state index contributed by atoms with van der Waals surface area (Å²) in [6.45, 7) is -0.213. The number of rotatable bonds is 5. The molecule has 0 saturated heterocycles. The van der Waals surface area contributed by atoms with Gasteiger partial charge in [-0.2, -0.15) is 0 Å². The van der Waals surface area contributed by atoms with Gasteiger partial charge in [0, 0.05) is 16.6 Å². The fourth-order valence-electron chi connectivity index (χ4n) is 3.99. The van der Waals surface area contributed by atoms with Gasteiger partial charge in [-0.15, -0.1) is 0 Å². The first-order valence-electron chi connectivity index (χ1n) is 10.4. The quantitative estimate of drug-likeness (QED) is 0.417. The molecule has 0 saturated carbocycles. The molecule has 4 aromatic rings. The van der Waals surface area contributed by atoms with Crippen molar-refractivity contribution in [1.29, 1.82) is 0 Å². The highest BCUT2D eigenvalue weighted by molar-refractivity contribution is 6.36. The fourth-order valence-corrected chi connectivity index (χ4v) is 3.99. The van der Waals surface area contributed by atoms with Crippen LogP contribution in [0.25, 0.3) is 16.3 Å². The van der Waals surface area contributed by atoms with Crippen LogP contribution in [0, 0.1) is 11.6 Å². The van der Waals surface area contributed by atoms with E-state index >= 15 is 0 Å². The lowest BCUT2D eigenvalue weighted by molar-refractivity contribution is -0.137. The lowest BCUT2D eigenvalue weighted by Crippen LogP contribution is -2.32. The number of carbonyl (C=O) groups is 2. The Kier molecular flexibility index (Phi) is 5.18. The Hall–Kier alpha value is -4.32. The van der Waals surface area contributed by atoms with Gasteiger partial charge in [-0.25, -0.2) is 8.78 Å². The van der Waals surface area contributed by atoms with Crippen molar-refractivity contribution in [1.82, 2.24) is 4.90 Å². The fraction of sp³-hybridized carbons (Fsp3) is 0.0370. The number of benzene rings is 4. The third kappa shape index (κ3) is 3.76. The van der Waals surface area contributed by atoms with E-state index in [0.717, 1.165) is 15.7 Å². The lowest BCUT2D eigenvalue weighted by Gasteiger charge is -2.16. The molecule has 0 aliphatic carbocycles. The van der Waals surface area contributed by atoms with Gasteiger partial charge in [0.15, 0.2) is 0 Å². The molecule has 1 aliphatic rings. The van der Waals surface area contributed by atoms with Crippen LogP contribution in [-0.2, 0) is 16.1 Å². The van der Waals surface area contributed by atoms with E-state index in [1.165, 1.54) is 36.4 Å². The molecular formula is C27H18F2N2O2. The van der Waals surface area contributed by atoms with Crippen molar-refractivity contribution in [2.24, 2.45) is 0 Å². The Labute approximate surface area is 188 Å². The average molecular weight is 440 g/mol. The van der Waals surface area contributed by atoms with Crippen molar-refractivity contribution in [3.63, 3.8) is 0 Å². The molecule has 0 bridgehead atoms. The van der Waals surface area contributed by atoms with Crippen molar-refractivity contribution in [2.75, 3.05) is 5.32 Å². The standard InChI is InChI=1S/C27H18F2N2O2/c28-20-14-12-18(13-15-20)24-25(30-23-11-5-8-17-6-1-3-9-21(17)23)27(33)31(26(24)32)16-19-7-2-4-10-22(19)29/h1-15,30H,16H2. The first-order valence-corrected chi connectivity index (χ1v) is 10.4. The van der Waals surface area contributed by atoms with Gasteiger partial charge >= 0.3 is 0 Å². The number of imide groups is 1. The number of nitrogens with zero attached hydrogens (tertiary/aromatic N) is 1. The van der Waals surface area contributed by atoms with Crippen LogP contribution >= 0.6 is 0 Å². The number of hydrogen-bond acceptors (Lipinski definition) is 3. The van der Waals surface area contributed by atoms with Gasteiger partial charge in [0.2, 0.25) is 0 Å². The maximum absolute atomic E-state index is 14.3. The van der Waals surface area contributed by atoms with E-state index in [0.29, 0.717) is 11.3 Å². The Morgan fingerprint density at radius 3 is 2.21 bits per heavy atom. The van der Waals surface area contributed by atoms with Gasteiger partial charge in [0.05, 0.1) is 12.1 Å². The smallest absolute Gasteiger partial charge is 0.278 e. The molecule has 33 heavy (non-hydrogen) atoms. The maximum atomic E-state index is 14.3. The molecule has 0 aromatic heterocycles. The monoisotopic (exact) mass is 440 g/mol. The first kappa shape index (κ1) is 20.6. The average Bonchev–Trinajstić information content (AvgIpc) is 3.05. The van der Waals surface area contributed by atoms with E-state index in [2.05, 4.69) is 5.32 Å². The second-order valence-corrected chi connectivity index (χ2v) is 7.70. The zero-order valence-corrected chi connectivity index (χ0v) is 17.4. The molecule has 2 amide bonds. The van der Waals surface area contributed by atoms with Gasteiger partial charge in [0.25, 0.3) is 11.8 Å². The van der Waals surface area contributed by atoms with Crippen LogP contribution in [0.4, 0.5) is 14.5 Å². The third-order valence-corrected chi connectivity index (χ3v) is 5.64. The van der Waals surface area contributed by atoms with Crippen LogP contribution in [0.2, 0.25) is 0 Å². The van der Waals surface area contributed by atoms with E-state index in [9.17, 15) is 18.4 Å². The van der Waals surface area contributed by atoms with Crippen molar-refractivity contribution in [3.8, 4) is 0 Å². The molecule has 0 fully saturated rings. The number of hydrogen-bond donors (Lipinski definition) is 1. The number of fused-ring (bicyclic) bond motifs is 1. The van der Waals surface area contributed by atoms with Crippen LogP contribution in [0.5, 0.6) is 0 Å². The van der Waals surface area contributed by atoms with Crippen LogP contribution in [-0.4, -0.2) is 16.7 Å². The molecule has 4 nitrogen and oxygen atoms in total. The van der Waals surface area contributed by atoms with E-state index in [-0.39, 0.29) is 23.4 Å². The topological polar surface area (TPSA) is 49.4 Å². The van der Waals surface area contributed by atoms with Crippen LogP contribution in [0.15, 0.2) is 96.7 Å². The van der Waals surface area contributed by atoms with Crippen molar-refractivity contribution in [2.45, 2.75) is 6.54 Å². The number of amides is 2. The van der Waals surface area contributed by atoms with Crippen molar-refractivity contribution in [3.05, 3.63) is 119 Å². The van der Waals surface area contributed by atoms with Crippen LogP contribution in [0.1, 0.15) is 11.1 Å². The zero-order valence-electron chi connectivity index (χ0n) is 17.4. The highest BCUT2D eigenvalue weighted by Gasteiger charge is 2.39. The maximum Gasteiger partial charge on any atom is 0.278 e. The summed E-state index contributed by atoms with van der Waals surface area (Å²) in [4.78, 5) is 27.8. The molecule has 0 spiro atoms. The molecule has 0 atom stereocenters. The highest BCUT2D eigenvalue weighted by Crippen LogP contribution is 2.33. The lowest BCUT2D eigenvalue weighted by atomic mass is 10.0. The van der Waals surface area contributed by atoms with E-state index in [1.807, 2.05) is 42.5 Å². The summed E-state index contributed by atoms with van der Waals surface area (Å²) in [6.07, 6.45) is 0. The summed E-state index contributed by atoms with van der Waals surface area (Å²) in [7, 11) is 0. The third-order valence-electron chi connectivity index (χ3n) is 5.64. The zero-order chi connectivity index (χ0) is 22.9. The van der Waals surface area contributed by atoms with E-state index < -0.39 is 23.4 Å². The van der Waals surface area contributed by atoms with Gasteiger partial charge < -0.3 is 5.32 Å². The minimum absolute atomic E-state index is 0.0688. The second-order valence-electron chi connectivity index (χ2n) is 7.70. The summed E-state index contributed by atoms with van der Waals surface area (Å²) < 4.78 is 27.8. The van der Waals surface area contributed by atoms with Gasteiger partial charge in [-0.3, -0.25) is 14.5 Å². The first-order chi connectivity index (χ1) is 16.0. The Morgan fingerprint density at radius 2 is 1.42 bits per heavy atom. The van der Waals surface area contributed by atoms with E-state index in [1.54, 1.807) is 12.1 Å². The van der Waals surface area contributed by atoms with Gasteiger partial charge in [0.1, 0.15) is 17.3 Å². The minimum atomic E-state index is -0.574. The Balaban J connectivity index is 1.60. The molecule has 1 aliphatic heterocycles. The second kappa shape index (κ2) is 8.31. The Morgan fingerprint density at radius 1 is 0.727 bits per heavy atom. The predicted molar refractivity (Wildman–Crippen MR) is 123 cm³/mol. The predicted octanol–water partition coefficient (Wildman–Crippen LogP) is 5.51. The summed E-state index contributed by atoms with van der Waals surface area (Å²) >= 11 is 0. The normalized spacial score (nSPS) is 13.8. The van der Waals surface area contributed by atoms with Crippen LogP contribution in [0.3, 0.4) is 0 Å². The number of anilines is 1. The molecular weight excluding hydrogens is 422 g/mol. The molecule has 5 rings (SSSR count). The molecule has 162 valence electrons. The summed E-state index contributed by atoms with van der Waals surface area (Å²) in [6, 6.07) is 24.6. The molecule has 4 aromatic carbocycles. The van der Waals surface area contributed by atoms with Crippen molar-refractivity contribution < 1.29 is 18.4 Å². The largest absolute Gasteiger partial charge is 0.350 e. The number of carbonyl (C=O) groups excluding carboxylic acids is 2. The molecule has 6 heteroatoms. The molecule has 0 radical (unpaired) electrons. The van der Waals surface area contributed by atoms with Gasteiger partial charge in [-0.1, -0.05) is 66.7 Å². The highest BCUT2D eigenvalue weighted by atomic mass is 19.1. The van der Waals surface area contributed by atoms with Gasteiger partial charge in [-0.05, 0) is 35.2 Å². The minimum Gasteiger partial charge on any atom is -0.350 e. The number of nitrogens with one attached hydrogen (secondary N) is 1. The van der Waals surface area contributed by atoms with Crippen LogP contribution < -0.4 is 5.32 Å². The summed E-state index contributed by atoms with van der Waals surface area (Å²) in [5.41, 5.74) is 1.46. The molecule has 0 unspecified atom stereocenters. The molecule has 1 N–H and O–H groups in total. The Bertz CT molecular complexity index is 1420. The molecule has 1 heterocycles. The summed E-state index contributed by atoms with van der Waals surface area (Å²) in [5.74, 6) is -2.10. The van der Waals surface area contributed by atoms with E-state index in [4.69, 9.17) is 0 Å².